The third-order valence-corrected chi connectivity index (χ3v) is 7.41. The summed E-state index contributed by atoms with van der Waals surface area (Å²) in [5, 5.41) is 9.19. The Balaban J connectivity index is 1.41. The number of H-pyrrole nitrogens is 1. The largest absolute Gasteiger partial charge is 0.492 e. The van der Waals surface area contributed by atoms with Crippen LogP contribution in [-0.2, 0) is 0 Å². The summed E-state index contributed by atoms with van der Waals surface area (Å²) >= 11 is 1.29. The number of hydrogen-bond donors (Lipinski definition) is 4. The lowest BCUT2D eigenvalue weighted by Crippen LogP contribution is -2.48. The van der Waals surface area contributed by atoms with Crippen molar-refractivity contribution in [1.82, 2.24) is 19.9 Å². The Morgan fingerprint density at radius 1 is 1.14 bits per heavy atom. The molecule has 10 nitrogen and oxygen atoms in total. The fourth-order valence-electron chi connectivity index (χ4n) is 4.52. The molecule has 4 heterocycles. The zero-order valence-corrected chi connectivity index (χ0v) is 22.1. The van der Waals surface area contributed by atoms with E-state index >= 15 is 0 Å². The molecule has 1 aliphatic heterocycles. The van der Waals surface area contributed by atoms with Gasteiger partial charge in [0.2, 0.25) is 5.95 Å². The van der Waals surface area contributed by atoms with Crippen LogP contribution in [0.5, 0.6) is 5.75 Å². The van der Waals surface area contributed by atoms with E-state index in [9.17, 15) is 4.79 Å². The molecular formula is C26H32N8O2S. The number of amides is 1. The third-order valence-electron chi connectivity index (χ3n) is 6.48. The molecule has 1 saturated heterocycles. The molecule has 0 bridgehead atoms. The van der Waals surface area contributed by atoms with E-state index in [1.54, 1.807) is 6.20 Å². The molecule has 0 atom stereocenters. The van der Waals surface area contributed by atoms with E-state index in [0.29, 0.717) is 40.6 Å². The normalized spacial score (nSPS) is 14.3. The average molecular weight is 521 g/mol. The summed E-state index contributed by atoms with van der Waals surface area (Å²) in [4.78, 5) is 29.6. The molecule has 1 aliphatic rings. The van der Waals surface area contributed by atoms with E-state index in [1.807, 2.05) is 30.5 Å². The molecule has 1 amide bonds. The van der Waals surface area contributed by atoms with Crippen molar-refractivity contribution in [1.29, 1.82) is 0 Å². The lowest BCUT2D eigenvalue weighted by atomic mass is 10.2. The number of carbonyl (C=O) groups is 1. The van der Waals surface area contributed by atoms with Crippen molar-refractivity contribution in [3.63, 3.8) is 0 Å². The summed E-state index contributed by atoms with van der Waals surface area (Å²) in [6.45, 7) is 11.0. The van der Waals surface area contributed by atoms with Crippen molar-refractivity contribution in [2.24, 2.45) is 5.73 Å². The van der Waals surface area contributed by atoms with Gasteiger partial charge in [0.25, 0.3) is 5.91 Å². The van der Waals surface area contributed by atoms with Gasteiger partial charge in [-0.25, -0.2) is 0 Å². The van der Waals surface area contributed by atoms with Gasteiger partial charge in [0.05, 0.1) is 23.4 Å². The number of carbonyl (C=O) groups excluding carboxylic acids is 1. The van der Waals surface area contributed by atoms with Crippen LogP contribution in [-0.4, -0.2) is 64.6 Å². The van der Waals surface area contributed by atoms with Crippen molar-refractivity contribution < 1.29 is 9.53 Å². The maximum atomic E-state index is 11.8. The quantitative estimate of drug-likeness (QED) is 0.254. The highest BCUT2D eigenvalue weighted by atomic mass is 32.1. The van der Waals surface area contributed by atoms with Crippen LogP contribution < -0.4 is 26.0 Å². The Hall–Kier alpha value is -3.83. The van der Waals surface area contributed by atoms with Gasteiger partial charge in [-0.1, -0.05) is 0 Å². The maximum Gasteiger partial charge on any atom is 0.260 e. The molecule has 0 unspecified atom stereocenters. The van der Waals surface area contributed by atoms with Gasteiger partial charge < -0.3 is 31.0 Å². The van der Waals surface area contributed by atoms with Crippen molar-refractivity contribution in [3.8, 4) is 5.75 Å². The highest BCUT2D eigenvalue weighted by Gasteiger charge is 2.20. The first-order valence-corrected chi connectivity index (χ1v) is 13.3. The summed E-state index contributed by atoms with van der Waals surface area (Å²) in [5.41, 5.74) is 8.71. The summed E-state index contributed by atoms with van der Waals surface area (Å²) in [5.74, 6) is 1.21. The topological polar surface area (TPSA) is 124 Å². The number of aromatic nitrogens is 3. The van der Waals surface area contributed by atoms with Crippen molar-refractivity contribution in [2.75, 3.05) is 48.3 Å². The Morgan fingerprint density at radius 3 is 2.68 bits per heavy atom. The number of anilines is 5. The molecule has 37 heavy (non-hydrogen) atoms. The predicted octanol–water partition coefficient (Wildman–Crippen LogP) is 4.53. The third kappa shape index (κ3) is 5.32. The Labute approximate surface area is 219 Å². The number of rotatable bonds is 9. The van der Waals surface area contributed by atoms with Crippen LogP contribution in [0.3, 0.4) is 0 Å². The van der Waals surface area contributed by atoms with Crippen molar-refractivity contribution in [2.45, 2.75) is 26.8 Å². The lowest BCUT2D eigenvalue weighted by Gasteiger charge is -2.38. The minimum atomic E-state index is -0.484. The molecule has 11 heteroatoms. The van der Waals surface area contributed by atoms with E-state index in [4.69, 9.17) is 15.5 Å². The number of benzene rings is 1. The van der Waals surface area contributed by atoms with Crippen LogP contribution in [0.1, 0.15) is 30.4 Å². The molecule has 0 saturated carbocycles. The van der Waals surface area contributed by atoms with Crippen LogP contribution in [0.2, 0.25) is 0 Å². The predicted molar refractivity (Wildman–Crippen MR) is 150 cm³/mol. The SMILES string of the molecule is CCOc1cc(N2CCN(C(C)C)CC2)ccc1Nc1nc(Nc2ccsc2C(N)=O)c2cc[nH]c2n1. The van der Waals surface area contributed by atoms with E-state index < -0.39 is 5.91 Å². The van der Waals surface area contributed by atoms with Gasteiger partial charge in [-0.3, -0.25) is 9.69 Å². The number of nitrogens with two attached hydrogens (primary N) is 1. The highest BCUT2D eigenvalue weighted by Crippen LogP contribution is 2.34. The maximum absolute atomic E-state index is 11.8. The molecule has 5 rings (SSSR count). The smallest absolute Gasteiger partial charge is 0.260 e. The van der Waals surface area contributed by atoms with E-state index in [-0.39, 0.29) is 0 Å². The number of piperazine rings is 1. The molecule has 5 N–H and O–H groups in total. The molecular weight excluding hydrogens is 488 g/mol. The minimum absolute atomic E-state index is 0.396. The molecule has 4 aromatic rings. The number of fused-ring (bicyclic) bond motifs is 1. The Bertz CT molecular complexity index is 1390. The Kier molecular flexibility index (Phi) is 7.15. The van der Waals surface area contributed by atoms with E-state index in [1.165, 1.54) is 11.3 Å². The highest BCUT2D eigenvalue weighted by molar-refractivity contribution is 7.12. The zero-order chi connectivity index (χ0) is 25.9. The second-order valence-corrected chi connectivity index (χ2v) is 10.1. The van der Waals surface area contributed by atoms with Crippen LogP contribution in [0.15, 0.2) is 41.9 Å². The van der Waals surface area contributed by atoms with Crippen LogP contribution in [0.4, 0.5) is 28.8 Å². The molecule has 1 fully saturated rings. The fourth-order valence-corrected chi connectivity index (χ4v) is 5.22. The number of nitrogens with one attached hydrogen (secondary N) is 3. The monoisotopic (exact) mass is 520 g/mol. The average Bonchev–Trinajstić information content (AvgIpc) is 3.55. The van der Waals surface area contributed by atoms with Gasteiger partial charge in [0.1, 0.15) is 22.1 Å². The number of primary amides is 1. The van der Waals surface area contributed by atoms with Gasteiger partial charge in [-0.2, -0.15) is 9.97 Å². The number of aromatic amines is 1. The summed E-state index contributed by atoms with van der Waals surface area (Å²) in [7, 11) is 0. The van der Waals surface area contributed by atoms with Crippen LogP contribution in [0.25, 0.3) is 11.0 Å². The second kappa shape index (κ2) is 10.7. The fraction of sp³-hybridized carbons (Fsp3) is 0.346. The number of nitrogens with zero attached hydrogens (tertiary/aromatic N) is 4. The molecule has 0 radical (unpaired) electrons. The number of thiophene rings is 1. The van der Waals surface area contributed by atoms with Gasteiger partial charge >= 0.3 is 0 Å². The second-order valence-electron chi connectivity index (χ2n) is 9.14. The van der Waals surface area contributed by atoms with Crippen molar-refractivity contribution >= 4 is 57.1 Å². The van der Waals surface area contributed by atoms with E-state index in [0.717, 1.165) is 48.7 Å². The molecule has 3 aromatic heterocycles. The van der Waals surface area contributed by atoms with Gasteiger partial charge in [-0.05, 0) is 50.4 Å². The standard InChI is InChI=1S/C26H32N8O2S/c1-4-36-21-15-17(34-12-10-33(11-13-34)16(2)3)5-6-19(21)30-26-31-24-18(7-9-28-24)25(32-26)29-20-8-14-37-22(20)23(27)35/h5-9,14-16H,4,10-13H2,1-3H3,(H2,27,35)(H3,28,29,30,31,32). The van der Waals surface area contributed by atoms with Crippen LogP contribution in [0, 0.1) is 0 Å². The summed E-state index contributed by atoms with van der Waals surface area (Å²) in [6.07, 6.45) is 1.80. The lowest BCUT2D eigenvalue weighted by molar-refractivity contribution is 0.100. The first-order chi connectivity index (χ1) is 17.9. The number of ether oxygens (including phenoxy) is 1. The van der Waals surface area contributed by atoms with Crippen LogP contribution >= 0.6 is 11.3 Å². The van der Waals surface area contributed by atoms with Crippen molar-refractivity contribution in [3.05, 3.63) is 46.8 Å². The first kappa shape index (κ1) is 24.8. The molecule has 194 valence electrons. The Morgan fingerprint density at radius 2 is 1.95 bits per heavy atom. The minimum Gasteiger partial charge on any atom is -0.492 e. The van der Waals surface area contributed by atoms with Gasteiger partial charge in [0.15, 0.2) is 0 Å². The zero-order valence-electron chi connectivity index (χ0n) is 21.2. The summed E-state index contributed by atoms with van der Waals surface area (Å²) < 4.78 is 6.00. The van der Waals surface area contributed by atoms with Gasteiger partial charge in [0, 0.05) is 50.2 Å². The molecule has 0 aliphatic carbocycles. The van der Waals surface area contributed by atoms with Gasteiger partial charge in [-0.15, -0.1) is 11.3 Å². The van der Waals surface area contributed by atoms with E-state index in [2.05, 4.69) is 56.4 Å². The molecule has 1 aromatic carbocycles. The molecule has 0 spiro atoms. The number of hydrogen-bond acceptors (Lipinski definition) is 9. The first-order valence-electron chi connectivity index (χ1n) is 12.4. The summed E-state index contributed by atoms with van der Waals surface area (Å²) in [6, 6.07) is 10.4.